The number of piperidine rings is 1. The summed E-state index contributed by atoms with van der Waals surface area (Å²) in [6.45, 7) is 6.07. The number of amides is 2. The van der Waals surface area contributed by atoms with Crippen LogP contribution in [0.2, 0.25) is 0 Å². The fourth-order valence-corrected chi connectivity index (χ4v) is 3.37. The van der Waals surface area contributed by atoms with Gasteiger partial charge in [0.2, 0.25) is 5.91 Å². The number of nitrogens with two attached hydrogens (primary N) is 1. The van der Waals surface area contributed by atoms with Crippen LogP contribution in [0.15, 0.2) is 24.3 Å². The summed E-state index contributed by atoms with van der Waals surface area (Å²) < 4.78 is 0. The van der Waals surface area contributed by atoms with Crippen molar-refractivity contribution in [1.82, 2.24) is 9.80 Å². The zero-order chi connectivity index (χ0) is 19.3. The van der Waals surface area contributed by atoms with Gasteiger partial charge in [-0.25, -0.2) is 0 Å². The van der Waals surface area contributed by atoms with Crippen molar-refractivity contribution in [3.05, 3.63) is 29.8 Å². The Morgan fingerprint density at radius 3 is 2.54 bits per heavy atom. The zero-order valence-corrected chi connectivity index (χ0v) is 16.4. The standard InChI is InChI=1S/C20H32N4O2/c1-14(2)12-18(21)19(25)22-16-9-7-15(8-10-16)20(26)24(4)17-6-5-11-23(3)13-17/h7-10,14,17-18H,5-6,11-13,21H2,1-4H3,(H,22,25)/t17?,18-/m0/s1. The number of carbonyl (C=O) groups is 2. The number of likely N-dealkylation sites (tertiary alicyclic amines) is 1. The van der Waals surface area contributed by atoms with Gasteiger partial charge in [-0.3, -0.25) is 9.59 Å². The molecule has 2 rings (SSSR count). The summed E-state index contributed by atoms with van der Waals surface area (Å²) in [6.07, 6.45) is 2.79. The monoisotopic (exact) mass is 360 g/mol. The van der Waals surface area contributed by atoms with E-state index in [0.717, 1.165) is 25.9 Å². The van der Waals surface area contributed by atoms with Gasteiger partial charge in [0, 0.05) is 30.9 Å². The number of anilines is 1. The SMILES string of the molecule is CC(C)C[C@H](N)C(=O)Nc1ccc(C(=O)N(C)C2CCCN(C)C2)cc1. The van der Waals surface area contributed by atoms with Crippen molar-refractivity contribution in [1.29, 1.82) is 0 Å². The second-order valence-corrected chi connectivity index (χ2v) is 7.78. The quantitative estimate of drug-likeness (QED) is 0.815. The molecular formula is C20H32N4O2. The first-order valence-electron chi connectivity index (χ1n) is 9.40. The molecule has 144 valence electrons. The lowest BCUT2D eigenvalue weighted by molar-refractivity contribution is -0.117. The van der Waals surface area contributed by atoms with Gasteiger partial charge in [-0.1, -0.05) is 13.8 Å². The first-order valence-corrected chi connectivity index (χ1v) is 9.40. The second-order valence-electron chi connectivity index (χ2n) is 7.78. The van der Waals surface area contributed by atoms with Crippen LogP contribution in [-0.4, -0.2) is 60.9 Å². The molecule has 2 atom stereocenters. The molecule has 1 fully saturated rings. The lowest BCUT2D eigenvalue weighted by Crippen LogP contribution is -2.47. The van der Waals surface area contributed by atoms with Crippen LogP contribution in [0.4, 0.5) is 5.69 Å². The Labute approximate surface area is 156 Å². The Hall–Kier alpha value is -1.92. The average Bonchev–Trinajstić information content (AvgIpc) is 2.60. The van der Waals surface area contributed by atoms with Crippen molar-refractivity contribution < 1.29 is 9.59 Å². The summed E-state index contributed by atoms with van der Waals surface area (Å²) in [4.78, 5) is 28.9. The van der Waals surface area contributed by atoms with Crippen molar-refractivity contribution in [2.45, 2.75) is 45.2 Å². The Morgan fingerprint density at radius 1 is 1.31 bits per heavy atom. The minimum Gasteiger partial charge on any atom is -0.337 e. The Bertz CT molecular complexity index is 615. The fourth-order valence-electron chi connectivity index (χ4n) is 3.37. The van der Waals surface area contributed by atoms with E-state index < -0.39 is 6.04 Å². The van der Waals surface area contributed by atoms with Crippen LogP contribution in [-0.2, 0) is 4.79 Å². The lowest BCUT2D eigenvalue weighted by atomic mass is 10.0. The highest BCUT2D eigenvalue weighted by Gasteiger charge is 2.25. The molecule has 1 heterocycles. The largest absolute Gasteiger partial charge is 0.337 e. The molecule has 26 heavy (non-hydrogen) atoms. The van der Waals surface area contributed by atoms with Crippen molar-refractivity contribution in [2.24, 2.45) is 11.7 Å². The summed E-state index contributed by atoms with van der Waals surface area (Å²) in [6, 6.07) is 6.76. The maximum Gasteiger partial charge on any atom is 0.253 e. The molecule has 0 aromatic heterocycles. The van der Waals surface area contributed by atoms with Gasteiger partial charge in [0.05, 0.1) is 6.04 Å². The molecule has 1 aliphatic rings. The average molecular weight is 361 g/mol. The van der Waals surface area contributed by atoms with Gasteiger partial charge in [0.25, 0.3) is 5.91 Å². The second kappa shape index (κ2) is 9.14. The van der Waals surface area contributed by atoms with Crippen LogP contribution in [0.1, 0.15) is 43.5 Å². The predicted molar refractivity (Wildman–Crippen MR) is 105 cm³/mol. The van der Waals surface area contributed by atoms with E-state index >= 15 is 0 Å². The van der Waals surface area contributed by atoms with Crippen molar-refractivity contribution in [3.8, 4) is 0 Å². The number of hydrogen-bond donors (Lipinski definition) is 2. The van der Waals surface area contributed by atoms with E-state index in [0.29, 0.717) is 23.6 Å². The zero-order valence-electron chi connectivity index (χ0n) is 16.4. The van der Waals surface area contributed by atoms with Crippen LogP contribution < -0.4 is 11.1 Å². The highest BCUT2D eigenvalue weighted by molar-refractivity contribution is 5.97. The third-order valence-corrected chi connectivity index (χ3v) is 4.93. The van der Waals surface area contributed by atoms with Crippen molar-refractivity contribution in [2.75, 3.05) is 32.5 Å². The third kappa shape index (κ3) is 5.54. The van der Waals surface area contributed by atoms with Gasteiger partial charge in [-0.2, -0.15) is 0 Å². The molecule has 0 saturated carbocycles. The molecule has 0 aliphatic carbocycles. The van der Waals surface area contributed by atoms with Gasteiger partial charge < -0.3 is 20.9 Å². The Balaban J connectivity index is 1.95. The highest BCUT2D eigenvalue weighted by Crippen LogP contribution is 2.17. The number of benzene rings is 1. The fraction of sp³-hybridized carbons (Fsp3) is 0.600. The van der Waals surface area contributed by atoms with Gasteiger partial charge in [0.1, 0.15) is 0 Å². The molecule has 6 heteroatoms. The van der Waals surface area contributed by atoms with Crippen molar-refractivity contribution >= 4 is 17.5 Å². The summed E-state index contributed by atoms with van der Waals surface area (Å²) in [5, 5.41) is 2.82. The van der Waals surface area contributed by atoms with E-state index in [1.807, 2.05) is 25.8 Å². The molecule has 6 nitrogen and oxygen atoms in total. The van der Waals surface area contributed by atoms with Crippen LogP contribution in [0, 0.1) is 5.92 Å². The minimum absolute atomic E-state index is 0.0136. The number of carbonyl (C=O) groups excluding carboxylic acids is 2. The van der Waals surface area contributed by atoms with Crippen LogP contribution in [0.5, 0.6) is 0 Å². The van der Waals surface area contributed by atoms with Gasteiger partial charge >= 0.3 is 0 Å². The predicted octanol–water partition coefficient (Wildman–Crippen LogP) is 2.16. The normalized spacial score (nSPS) is 19.2. The molecule has 0 spiro atoms. The van der Waals surface area contributed by atoms with E-state index in [-0.39, 0.29) is 17.9 Å². The van der Waals surface area contributed by atoms with E-state index in [1.54, 1.807) is 24.3 Å². The molecule has 1 aromatic rings. The lowest BCUT2D eigenvalue weighted by Gasteiger charge is -2.35. The number of rotatable bonds is 6. The Morgan fingerprint density at radius 2 is 1.96 bits per heavy atom. The maximum atomic E-state index is 12.7. The number of likely N-dealkylation sites (N-methyl/N-ethyl adjacent to an activating group) is 2. The first-order chi connectivity index (χ1) is 12.3. The van der Waals surface area contributed by atoms with Crippen molar-refractivity contribution in [3.63, 3.8) is 0 Å². The first kappa shape index (κ1) is 20.4. The van der Waals surface area contributed by atoms with Gasteiger partial charge in [-0.05, 0) is 63.0 Å². The molecule has 3 N–H and O–H groups in total. The maximum absolute atomic E-state index is 12.7. The summed E-state index contributed by atoms with van der Waals surface area (Å²) in [5.41, 5.74) is 7.19. The van der Waals surface area contributed by atoms with E-state index in [4.69, 9.17) is 5.73 Å². The molecule has 1 saturated heterocycles. The Kier molecular flexibility index (Phi) is 7.17. The molecule has 1 aliphatic heterocycles. The number of nitrogens with zero attached hydrogens (tertiary/aromatic N) is 2. The van der Waals surface area contributed by atoms with E-state index in [2.05, 4.69) is 17.3 Å². The van der Waals surface area contributed by atoms with Crippen LogP contribution in [0.25, 0.3) is 0 Å². The third-order valence-electron chi connectivity index (χ3n) is 4.93. The van der Waals surface area contributed by atoms with E-state index in [9.17, 15) is 9.59 Å². The minimum atomic E-state index is -0.522. The molecule has 1 aromatic carbocycles. The smallest absolute Gasteiger partial charge is 0.253 e. The van der Waals surface area contributed by atoms with Crippen LogP contribution >= 0.6 is 0 Å². The molecular weight excluding hydrogens is 328 g/mol. The summed E-state index contributed by atoms with van der Waals surface area (Å²) in [7, 11) is 3.96. The van der Waals surface area contributed by atoms with E-state index in [1.165, 1.54) is 0 Å². The molecule has 2 amide bonds. The molecule has 1 unspecified atom stereocenters. The number of hydrogen-bond acceptors (Lipinski definition) is 4. The molecule has 0 bridgehead atoms. The highest BCUT2D eigenvalue weighted by atomic mass is 16.2. The van der Waals surface area contributed by atoms with Gasteiger partial charge in [-0.15, -0.1) is 0 Å². The summed E-state index contributed by atoms with van der Waals surface area (Å²) >= 11 is 0. The van der Waals surface area contributed by atoms with Crippen LogP contribution in [0.3, 0.4) is 0 Å². The van der Waals surface area contributed by atoms with Gasteiger partial charge in [0.15, 0.2) is 0 Å². The molecule has 0 radical (unpaired) electrons. The summed E-state index contributed by atoms with van der Waals surface area (Å²) in [5.74, 6) is 0.185. The number of nitrogens with one attached hydrogen (secondary N) is 1. The topological polar surface area (TPSA) is 78.7 Å².